The Balaban J connectivity index is 0. The zero-order valence-corrected chi connectivity index (χ0v) is 8.78. The van der Waals surface area contributed by atoms with E-state index in [1.807, 2.05) is 0 Å². The first-order valence-electron chi connectivity index (χ1n) is 4.20. The van der Waals surface area contributed by atoms with Crippen LogP contribution in [0.4, 0.5) is 0 Å². The lowest BCUT2D eigenvalue weighted by molar-refractivity contribution is -0.153. The first-order valence-corrected chi connectivity index (χ1v) is 4.20. The predicted molar refractivity (Wildman–Crippen MR) is 51.8 cm³/mol. The summed E-state index contributed by atoms with van der Waals surface area (Å²) in [5.41, 5.74) is 0. The number of carbonyl (C=O) groups is 2. The Morgan fingerprint density at radius 3 is 1.81 bits per heavy atom. The van der Waals surface area contributed by atoms with Crippen LogP contribution in [0.15, 0.2) is 0 Å². The van der Waals surface area contributed by atoms with Crippen molar-refractivity contribution in [2.24, 2.45) is 0 Å². The molecule has 0 aliphatic carbocycles. The molecule has 0 amide bonds. The van der Waals surface area contributed by atoms with Crippen molar-refractivity contribution in [3.05, 3.63) is 0 Å². The van der Waals surface area contributed by atoms with Crippen LogP contribution in [0, 0.1) is 0 Å². The molecule has 8 N–H and O–H groups in total. The molecule has 96 valence electrons. The van der Waals surface area contributed by atoms with Gasteiger partial charge in [0, 0.05) is 6.92 Å². The van der Waals surface area contributed by atoms with Crippen molar-refractivity contribution in [1.29, 1.82) is 0 Å². The van der Waals surface area contributed by atoms with Gasteiger partial charge in [-0.3, -0.25) is 9.59 Å². The van der Waals surface area contributed by atoms with Gasteiger partial charge >= 0.3 is 0 Å². The highest BCUT2D eigenvalue weighted by Gasteiger charge is 2.35. The van der Waals surface area contributed by atoms with Crippen LogP contribution in [0.1, 0.15) is 6.92 Å². The molecule has 0 spiro atoms. The third kappa shape index (κ3) is 4.31. The molecule has 0 unspecified atom stereocenters. The third-order valence-electron chi connectivity index (χ3n) is 1.87. The van der Waals surface area contributed by atoms with E-state index in [-0.39, 0.29) is 6.15 Å². The Labute approximate surface area is 91.7 Å². The van der Waals surface area contributed by atoms with E-state index in [4.69, 9.17) is 25.5 Å². The highest BCUT2D eigenvalue weighted by molar-refractivity contribution is 6.38. The van der Waals surface area contributed by atoms with E-state index in [2.05, 4.69) is 0 Å². The summed E-state index contributed by atoms with van der Waals surface area (Å²) in [5, 5.41) is 44.7. The van der Waals surface area contributed by atoms with E-state index < -0.39 is 42.6 Å². The van der Waals surface area contributed by atoms with Gasteiger partial charge in [-0.25, -0.2) is 0 Å². The molecule has 0 aromatic carbocycles. The molecule has 0 rings (SSSR count). The summed E-state index contributed by atoms with van der Waals surface area (Å²) >= 11 is 0. The highest BCUT2D eigenvalue weighted by Crippen LogP contribution is 2.06. The molecule has 0 aliphatic rings. The first-order chi connectivity index (χ1) is 6.82. The van der Waals surface area contributed by atoms with Gasteiger partial charge in [0.25, 0.3) is 0 Å². The van der Waals surface area contributed by atoms with Crippen molar-refractivity contribution < 1.29 is 35.1 Å². The Kier molecular flexibility index (Phi) is 8.08. The van der Waals surface area contributed by atoms with E-state index in [0.29, 0.717) is 0 Å². The van der Waals surface area contributed by atoms with Gasteiger partial charge in [-0.2, -0.15) is 0 Å². The molecule has 0 aliphatic heterocycles. The van der Waals surface area contributed by atoms with Crippen LogP contribution in [0.3, 0.4) is 0 Å². The van der Waals surface area contributed by atoms with Crippen LogP contribution in [0.2, 0.25) is 0 Å². The normalized spacial score (nSPS) is 17.9. The second kappa shape index (κ2) is 7.39. The van der Waals surface area contributed by atoms with Gasteiger partial charge in [0.1, 0.15) is 24.4 Å². The summed E-state index contributed by atoms with van der Waals surface area (Å²) in [6.07, 6.45) is -7.75. The molecule has 0 aromatic heterocycles. The van der Waals surface area contributed by atoms with E-state index >= 15 is 0 Å². The van der Waals surface area contributed by atoms with Gasteiger partial charge in [0.15, 0.2) is 5.78 Å². The standard InChI is InChI=1S/C8H14O7.H3N/c1-3(10)5(12)7(14)8(15)6(13)4(11)2-9;/h4,6-9,11,13-15H,2H2,1H3;1H3/t4-,6-,7+,8+;/m1./s1. The van der Waals surface area contributed by atoms with Gasteiger partial charge in [-0.15, -0.1) is 0 Å². The lowest BCUT2D eigenvalue weighted by Crippen LogP contribution is -2.49. The van der Waals surface area contributed by atoms with Crippen molar-refractivity contribution in [2.75, 3.05) is 6.61 Å². The molecule has 0 saturated carbocycles. The van der Waals surface area contributed by atoms with Gasteiger partial charge in [-0.1, -0.05) is 0 Å². The van der Waals surface area contributed by atoms with Gasteiger partial charge in [0.2, 0.25) is 5.78 Å². The Morgan fingerprint density at radius 1 is 1.06 bits per heavy atom. The summed E-state index contributed by atoms with van der Waals surface area (Å²) in [7, 11) is 0. The number of Topliss-reactive ketones (excluding diaryl/α,β-unsaturated/α-hetero) is 2. The highest BCUT2D eigenvalue weighted by atomic mass is 16.4. The van der Waals surface area contributed by atoms with E-state index in [0.717, 1.165) is 6.92 Å². The molecule has 8 nitrogen and oxygen atoms in total. The zero-order chi connectivity index (χ0) is 12.2. The summed E-state index contributed by atoms with van der Waals surface area (Å²) < 4.78 is 0. The molecule has 8 heteroatoms. The summed E-state index contributed by atoms with van der Waals surface area (Å²) in [6.45, 7) is 0.0480. The minimum atomic E-state index is -2.11. The smallest absolute Gasteiger partial charge is 0.229 e. The molecule has 0 heterocycles. The van der Waals surface area contributed by atoms with E-state index in [9.17, 15) is 9.59 Å². The van der Waals surface area contributed by atoms with Crippen molar-refractivity contribution >= 4 is 11.6 Å². The average Bonchev–Trinajstić information content (AvgIpc) is 2.23. The molecule has 0 bridgehead atoms. The maximum absolute atomic E-state index is 10.9. The fourth-order valence-corrected chi connectivity index (χ4v) is 0.886. The SMILES string of the molecule is CC(=O)C(=O)[C@H](O)[C@@H](O)[C@H](O)[C@H](O)CO.N. The Morgan fingerprint density at radius 2 is 1.50 bits per heavy atom. The summed E-state index contributed by atoms with van der Waals surface area (Å²) in [4.78, 5) is 21.4. The Hall–Kier alpha value is -0.900. The molecule has 0 aromatic rings. The Bertz CT molecular complexity index is 245. The second-order valence-corrected chi connectivity index (χ2v) is 3.10. The maximum Gasteiger partial charge on any atom is 0.229 e. The number of aliphatic hydroxyl groups is 5. The van der Waals surface area contributed by atoms with Crippen molar-refractivity contribution in [1.82, 2.24) is 6.15 Å². The number of ketones is 2. The van der Waals surface area contributed by atoms with Crippen LogP contribution < -0.4 is 6.15 Å². The van der Waals surface area contributed by atoms with Crippen molar-refractivity contribution in [2.45, 2.75) is 31.3 Å². The molecule has 0 radical (unpaired) electrons. The molecule has 0 saturated heterocycles. The molecular formula is C8H17NO7. The molecular weight excluding hydrogens is 222 g/mol. The van der Waals surface area contributed by atoms with E-state index in [1.165, 1.54) is 0 Å². The van der Waals surface area contributed by atoms with Gasteiger partial charge in [-0.05, 0) is 0 Å². The summed E-state index contributed by atoms with van der Waals surface area (Å²) in [5.74, 6) is -2.25. The minimum Gasteiger partial charge on any atom is -0.394 e. The van der Waals surface area contributed by atoms with Gasteiger partial charge in [0.05, 0.1) is 6.61 Å². The monoisotopic (exact) mass is 239 g/mol. The van der Waals surface area contributed by atoms with Crippen molar-refractivity contribution in [3.8, 4) is 0 Å². The zero-order valence-electron chi connectivity index (χ0n) is 8.78. The van der Waals surface area contributed by atoms with Crippen LogP contribution in [0.5, 0.6) is 0 Å². The lowest BCUT2D eigenvalue weighted by atomic mass is 9.99. The predicted octanol–water partition coefficient (Wildman–Crippen LogP) is -3.26. The number of rotatable bonds is 6. The average molecular weight is 239 g/mol. The van der Waals surface area contributed by atoms with Crippen LogP contribution in [-0.4, -0.2) is 68.1 Å². The van der Waals surface area contributed by atoms with Crippen molar-refractivity contribution in [3.63, 3.8) is 0 Å². The van der Waals surface area contributed by atoms with Gasteiger partial charge < -0.3 is 31.7 Å². The first kappa shape index (κ1) is 17.5. The molecule has 16 heavy (non-hydrogen) atoms. The largest absolute Gasteiger partial charge is 0.394 e. The minimum absolute atomic E-state index is 0. The third-order valence-corrected chi connectivity index (χ3v) is 1.87. The van der Waals surface area contributed by atoms with E-state index in [1.54, 1.807) is 0 Å². The fraction of sp³-hybridized carbons (Fsp3) is 0.750. The number of hydrogen-bond donors (Lipinski definition) is 6. The molecule has 0 fully saturated rings. The summed E-state index contributed by atoms with van der Waals surface area (Å²) in [6, 6.07) is 0. The van der Waals surface area contributed by atoms with Crippen LogP contribution >= 0.6 is 0 Å². The molecule has 4 atom stereocenters. The second-order valence-electron chi connectivity index (χ2n) is 3.10. The topological polar surface area (TPSA) is 170 Å². The fourth-order valence-electron chi connectivity index (χ4n) is 0.886. The quantitative estimate of drug-likeness (QED) is 0.262. The van der Waals surface area contributed by atoms with Crippen LogP contribution in [0.25, 0.3) is 0 Å². The number of hydrogen-bond acceptors (Lipinski definition) is 8. The lowest BCUT2D eigenvalue weighted by Gasteiger charge is -2.24. The maximum atomic E-state index is 10.9. The number of carbonyl (C=O) groups excluding carboxylic acids is 2. The van der Waals surface area contributed by atoms with Crippen LogP contribution in [-0.2, 0) is 9.59 Å². The number of aliphatic hydroxyl groups excluding tert-OH is 5.